The zero-order valence-corrected chi connectivity index (χ0v) is 11.8. The molecule has 0 bridgehead atoms. The average molecular weight is 245 g/mol. The fourth-order valence-corrected chi connectivity index (χ4v) is 2.93. The molecular formula is C13H27NOS. The molecule has 1 aliphatic heterocycles. The summed E-state index contributed by atoms with van der Waals surface area (Å²) in [6.07, 6.45) is 2.31. The Morgan fingerprint density at radius 1 is 1.31 bits per heavy atom. The third-order valence-corrected chi connectivity index (χ3v) is 4.33. The molecule has 0 spiro atoms. The van der Waals surface area contributed by atoms with Gasteiger partial charge in [0.1, 0.15) is 0 Å². The van der Waals surface area contributed by atoms with Gasteiger partial charge in [-0.1, -0.05) is 20.8 Å². The van der Waals surface area contributed by atoms with Gasteiger partial charge in [0, 0.05) is 13.2 Å². The summed E-state index contributed by atoms with van der Waals surface area (Å²) in [4.78, 5) is 2.54. The van der Waals surface area contributed by atoms with Gasteiger partial charge in [0.2, 0.25) is 0 Å². The van der Waals surface area contributed by atoms with Crippen LogP contribution < -0.4 is 0 Å². The molecule has 1 heterocycles. The monoisotopic (exact) mass is 245 g/mol. The molecular weight excluding hydrogens is 218 g/mol. The summed E-state index contributed by atoms with van der Waals surface area (Å²) in [5.74, 6) is 2.16. The molecule has 1 rings (SSSR count). The first kappa shape index (κ1) is 14.3. The second-order valence-corrected chi connectivity index (χ2v) is 6.54. The maximum Gasteiger partial charge on any atom is 0.0460 e. The summed E-state index contributed by atoms with van der Waals surface area (Å²) in [6, 6.07) is 0. The van der Waals surface area contributed by atoms with E-state index in [0.717, 1.165) is 38.2 Å². The minimum atomic E-state index is 0.343. The van der Waals surface area contributed by atoms with E-state index in [0.29, 0.717) is 23.9 Å². The van der Waals surface area contributed by atoms with Crippen LogP contribution in [0, 0.1) is 17.3 Å². The Hall–Kier alpha value is 0.270. The highest BCUT2D eigenvalue weighted by molar-refractivity contribution is 7.80. The van der Waals surface area contributed by atoms with E-state index in [9.17, 15) is 0 Å². The van der Waals surface area contributed by atoms with Crippen molar-refractivity contribution in [2.75, 3.05) is 32.0 Å². The SMILES string of the molecule is CC(C)(C)C(CS)CN1CCC(CO)CC1. The molecule has 16 heavy (non-hydrogen) atoms. The molecule has 1 aliphatic rings. The van der Waals surface area contributed by atoms with Crippen LogP contribution in [-0.4, -0.2) is 42.0 Å². The molecule has 0 amide bonds. The average Bonchev–Trinajstić information content (AvgIpc) is 2.25. The number of aliphatic hydroxyl groups is 1. The molecule has 0 aromatic rings. The van der Waals surface area contributed by atoms with Crippen molar-refractivity contribution >= 4 is 12.6 Å². The first-order valence-electron chi connectivity index (χ1n) is 6.41. The van der Waals surface area contributed by atoms with Crippen LogP contribution >= 0.6 is 12.6 Å². The smallest absolute Gasteiger partial charge is 0.0460 e. The van der Waals surface area contributed by atoms with E-state index < -0.39 is 0 Å². The van der Waals surface area contributed by atoms with Crippen molar-refractivity contribution in [2.45, 2.75) is 33.6 Å². The minimum Gasteiger partial charge on any atom is -0.396 e. The van der Waals surface area contributed by atoms with Gasteiger partial charge in [0.25, 0.3) is 0 Å². The predicted octanol–water partition coefficient (Wildman–Crippen LogP) is 2.28. The number of nitrogens with zero attached hydrogens (tertiary/aromatic N) is 1. The number of hydrogen-bond acceptors (Lipinski definition) is 3. The number of rotatable bonds is 4. The summed E-state index contributed by atoms with van der Waals surface area (Å²) in [5, 5.41) is 9.10. The molecule has 0 aliphatic carbocycles. The number of likely N-dealkylation sites (tertiary alicyclic amines) is 1. The van der Waals surface area contributed by atoms with Crippen LogP contribution in [0.2, 0.25) is 0 Å². The van der Waals surface area contributed by atoms with Gasteiger partial charge in [0.05, 0.1) is 0 Å². The standard InChI is InChI=1S/C13H27NOS/c1-13(2,3)12(10-16)8-14-6-4-11(9-15)5-7-14/h11-12,15-16H,4-10H2,1-3H3. The summed E-state index contributed by atoms with van der Waals surface area (Å²) < 4.78 is 0. The van der Waals surface area contributed by atoms with E-state index >= 15 is 0 Å². The lowest BCUT2D eigenvalue weighted by atomic mass is 9.81. The summed E-state index contributed by atoms with van der Waals surface area (Å²) in [7, 11) is 0. The Bertz CT molecular complexity index is 195. The summed E-state index contributed by atoms with van der Waals surface area (Å²) in [5.41, 5.74) is 0.343. The number of piperidine rings is 1. The van der Waals surface area contributed by atoms with Crippen LogP contribution in [0.4, 0.5) is 0 Å². The fraction of sp³-hybridized carbons (Fsp3) is 1.00. The molecule has 1 unspecified atom stereocenters. The second kappa shape index (κ2) is 6.27. The topological polar surface area (TPSA) is 23.5 Å². The van der Waals surface area contributed by atoms with E-state index in [-0.39, 0.29) is 0 Å². The van der Waals surface area contributed by atoms with Crippen LogP contribution in [0.3, 0.4) is 0 Å². The lowest BCUT2D eigenvalue weighted by Crippen LogP contribution is -2.41. The van der Waals surface area contributed by atoms with Gasteiger partial charge in [-0.15, -0.1) is 0 Å². The van der Waals surface area contributed by atoms with E-state index in [1.165, 1.54) is 0 Å². The summed E-state index contributed by atoms with van der Waals surface area (Å²) >= 11 is 4.48. The van der Waals surface area contributed by atoms with Crippen LogP contribution in [0.1, 0.15) is 33.6 Å². The van der Waals surface area contributed by atoms with Crippen LogP contribution in [0.25, 0.3) is 0 Å². The maximum atomic E-state index is 9.10. The highest BCUT2D eigenvalue weighted by atomic mass is 32.1. The zero-order valence-electron chi connectivity index (χ0n) is 10.9. The Labute approximate surface area is 106 Å². The zero-order chi connectivity index (χ0) is 12.2. The quantitative estimate of drug-likeness (QED) is 0.742. The van der Waals surface area contributed by atoms with Crippen molar-refractivity contribution in [3.63, 3.8) is 0 Å². The van der Waals surface area contributed by atoms with E-state index in [4.69, 9.17) is 5.11 Å². The van der Waals surface area contributed by atoms with E-state index in [1.54, 1.807) is 0 Å². The Kier molecular flexibility index (Phi) is 5.62. The second-order valence-electron chi connectivity index (χ2n) is 6.17. The van der Waals surface area contributed by atoms with Crippen molar-refractivity contribution in [1.29, 1.82) is 0 Å². The van der Waals surface area contributed by atoms with Gasteiger partial charge >= 0.3 is 0 Å². The molecule has 0 aromatic heterocycles. The molecule has 0 saturated carbocycles. The first-order valence-corrected chi connectivity index (χ1v) is 7.04. The molecule has 2 nitrogen and oxygen atoms in total. The van der Waals surface area contributed by atoms with E-state index in [2.05, 4.69) is 38.3 Å². The van der Waals surface area contributed by atoms with E-state index in [1.807, 2.05) is 0 Å². The van der Waals surface area contributed by atoms with Crippen molar-refractivity contribution < 1.29 is 5.11 Å². The predicted molar refractivity (Wildman–Crippen MR) is 73.0 cm³/mol. The third kappa shape index (κ3) is 4.27. The molecule has 0 aromatic carbocycles. The molecule has 96 valence electrons. The molecule has 1 atom stereocenters. The van der Waals surface area contributed by atoms with Crippen LogP contribution in [0.15, 0.2) is 0 Å². The minimum absolute atomic E-state index is 0.343. The summed E-state index contributed by atoms with van der Waals surface area (Å²) in [6.45, 7) is 10.7. The lowest BCUT2D eigenvalue weighted by Gasteiger charge is -2.37. The first-order chi connectivity index (χ1) is 7.47. The molecule has 1 saturated heterocycles. The van der Waals surface area contributed by atoms with Gasteiger partial charge in [0.15, 0.2) is 0 Å². The van der Waals surface area contributed by atoms with Gasteiger partial charge < -0.3 is 10.0 Å². The van der Waals surface area contributed by atoms with Crippen molar-refractivity contribution in [2.24, 2.45) is 17.3 Å². The van der Waals surface area contributed by atoms with Crippen LogP contribution in [-0.2, 0) is 0 Å². The normalized spacial score (nSPS) is 22.3. The van der Waals surface area contributed by atoms with Gasteiger partial charge in [-0.3, -0.25) is 0 Å². The third-order valence-electron chi connectivity index (χ3n) is 3.89. The number of hydrogen-bond donors (Lipinski definition) is 2. The highest BCUT2D eigenvalue weighted by Gasteiger charge is 2.27. The maximum absolute atomic E-state index is 9.10. The Balaban J connectivity index is 2.37. The van der Waals surface area contributed by atoms with Crippen LogP contribution in [0.5, 0.6) is 0 Å². The van der Waals surface area contributed by atoms with Gasteiger partial charge in [-0.25, -0.2) is 0 Å². The number of thiol groups is 1. The number of aliphatic hydroxyl groups excluding tert-OH is 1. The molecule has 1 N–H and O–H groups in total. The molecule has 3 heteroatoms. The Morgan fingerprint density at radius 2 is 1.88 bits per heavy atom. The lowest BCUT2D eigenvalue weighted by molar-refractivity contribution is 0.101. The highest BCUT2D eigenvalue weighted by Crippen LogP contribution is 2.29. The van der Waals surface area contributed by atoms with Crippen molar-refractivity contribution in [1.82, 2.24) is 4.90 Å². The van der Waals surface area contributed by atoms with Gasteiger partial charge in [-0.2, -0.15) is 12.6 Å². The van der Waals surface area contributed by atoms with Crippen molar-refractivity contribution in [3.8, 4) is 0 Å². The molecule has 1 fully saturated rings. The van der Waals surface area contributed by atoms with Gasteiger partial charge in [-0.05, 0) is 48.9 Å². The van der Waals surface area contributed by atoms with Crippen molar-refractivity contribution in [3.05, 3.63) is 0 Å². The fourth-order valence-electron chi connectivity index (χ4n) is 2.27. The largest absolute Gasteiger partial charge is 0.396 e. The Morgan fingerprint density at radius 3 is 2.25 bits per heavy atom. The molecule has 0 radical (unpaired) electrons.